The summed E-state index contributed by atoms with van der Waals surface area (Å²) in [6.07, 6.45) is 3.10. The van der Waals surface area contributed by atoms with Gasteiger partial charge in [-0.2, -0.15) is 0 Å². The maximum atomic E-state index is 13.3. The lowest BCUT2D eigenvalue weighted by Crippen LogP contribution is -2.39. The Morgan fingerprint density at radius 1 is 1.36 bits per heavy atom. The van der Waals surface area contributed by atoms with E-state index in [9.17, 15) is 9.18 Å². The Morgan fingerprint density at radius 3 is 3.04 bits per heavy atom. The molecule has 0 radical (unpaired) electrons. The van der Waals surface area contributed by atoms with Crippen LogP contribution in [0.3, 0.4) is 0 Å². The van der Waals surface area contributed by atoms with Crippen molar-refractivity contribution < 1.29 is 18.7 Å². The first-order valence-electron chi connectivity index (χ1n) is 8.32. The maximum absolute atomic E-state index is 13.3. The number of benzene rings is 1. The number of halogens is 1. The van der Waals surface area contributed by atoms with Crippen molar-refractivity contribution in [3.8, 4) is 11.6 Å². The molecule has 1 atom stereocenters. The number of carbonyl (C=O) groups excluding carboxylic acids is 1. The molecule has 0 amide bonds. The molecule has 3 rings (SSSR count). The molecule has 0 N–H and O–H groups in total. The van der Waals surface area contributed by atoms with E-state index >= 15 is 0 Å². The Kier molecular flexibility index (Phi) is 5.42. The number of piperidine rings is 1. The lowest BCUT2D eigenvalue weighted by Gasteiger charge is -2.32. The molecule has 132 valence electrons. The number of anilines is 1. The van der Waals surface area contributed by atoms with Gasteiger partial charge in [-0.1, -0.05) is 6.07 Å². The highest BCUT2D eigenvalue weighted by molar-refractivity contribution is 5.73. The highest BCUT2D eigenvalue weighted by atomic mass is 19.1. The van der Waals surface area contributed by atoms with Crippen molar-refractivity contribution in [1.82, 2.24) is 9.97 Å². The highest BCUT2D eigenvalue weighted by Gasteiger charge is 2.27. The first kappa shape index (κ1) is 17.1. The van der Waals surface area contributed by atoms with Gasteiger partial charge in [0.25, 0.3) is 0 Å². The Balaban J connectivity index is 1.71. The van der Waals surface area contributed by atoms with Crippen molar-refractivity contribution in [2.45, 2.75) is 19.8 Å². The Morgan fingerprint density at radius 2 is 2.24 bits per heavy atom. The van der Waals surface area contributed by atoms with Crippen molar-refractivity contribution in [2.75, 3.05) is 24.6 Å². The smallest absolute Gasteiger partial charge is 0.310 e. The molecule has 1 fully saturated rings. The number of hydrogen-bond acceptors (Lipinski definition) is 6. The summed E-state index contributed by atoms with van der Waals surface area (Å²) in [7, 11) is 0. The molecule has 1 aliphatic heterocycles. The molecule has 7 heteroatoms. The van der Waals surface area contributed by atoms with E-state index in [2.05, 4.69) is 9.97 Å². The topological polar surface area (TPSA) is 64.5 Å². The molecule has 0 saturated carbocycles. The van der Waals surface area contributed by atoms with Gasteiger partial charge in [0.15, 0.2) is 0 Å². The molecule has 1 aromatic heterocycles. The molecular weight excluding hydrogens is 325 g/mol. The fourth-order valence-electron chi connectivity index (χ4n) is 2.85. The zero-order chi connectivity index (χ0) is 17.6. The van der Waals surface area contributed by atoms with Gasteiger partial charge in [0.05, 0.1) is 12.5 Å². The summed E-state index contributed by atoms with van der Waals surface area (Å²) in [5, 5.41) is 0. The van der Waals surface area contributed by atoms with E-state index in [1.54, 1.807) is 25.1 Å². The maximum Gasteiger partial charge on any atom is 0.310 e. The van der Waals surface area contributed by atoms with Crippen LogP contribution in [-0.4, -0.2) is 35.6 Å². The lowest BCUT2D eigenvalue weighted by atomic mass is 9.98. The number of nitrogens with zero attached hydrogens (tertiary/aromatic N) is 3. The predicted octanol–water partition coefficient (Wildman–Crippen LogP) is 3.19. The zero-order valence-electron chi connectivity index (χ0n) is 14.0. The minimum absolute atomic E-state index is 0.156. The summed E-state index contributed by atoms with van der Waals surface area (Å²) in [5.41, 5.74) is 0. The second kappa shape index (κ2) is 7.92. The summed E-state index contributed by atoms with van der Waals surface area (Å²) in [5.74, 6) is 0.672. The molecule has 2 aromatic rings. The molecule has 1 aliphatic rings. The monoisotopic (exact) mass is 345 g/mol. The highest BCUT2D eigenvalue weighted by Crippen LogP contribution is 2.26. The summed E-state index contributed by atoms with van der Waals surface area (Å²) in [6, 6.07) is 7.56. The van der Waals surface area contributed by atoms with Gasteiger partial charge >= 0.3 is 5.97 Å². The van der Waals surface area contributed by atoms with Gasteiger partial charge in [-0.3, -0.25) is 4.79 Å². The first-order valence-corrected chi connectivity index (χ1v) is 8.32. The van der Waals surface area contributed by atoms with Crippen molar-refractivity contribution in [3.05, 3.63) is 42.5 Å². The van der Waals surface area contributed by atoms with Crippen LogP contribution >= 0.6 is 0 Å². The molecular formula is C18H20FN3O3. The number of carbonyl (C=O) groups is 1. The summed E-state index contributed by atoms with van der Waals surface area (Å²) < 4.78 is 24.0. The van der Waals surface area contributed by atoms with Gasteiger partial charge in [-0.25, -0.2) is 14.4 Å². The zero-order valence-corrected chi connectivity index (χ0v) is 14.0. The number of rotatable bonds is 5. The van der Waals surface area contributed by atoms with Crippen LogP contribution in [0.15, 0.2) is 36.7 Å². The second-order valence-corrected chi connectivity index (χ2v) is 5.81. The summed E-state index contributed by atoms with van der Waals surface area (Å²) in [6.45, 7) is 3.54. The number of esters is 1. The third-order valence-electron chi connectivity index (χ3n) is 4.01. The standard InChI is InChI=1S/C18H20FN3O3/c1-2-24-18(23)13-5-4-8-22(11-13)16-10-17(21-12-20-16)25-15-7-3-6-14(19)9-15/h3,6-7,9-10,12-13H,2,4-5,8,11H2,1H3/t13-/m0/s1. The van der Waals surface area contributed by atoms with Crippen LogP contribution in [0.5, 0.6) is 11.6 Å². The molecule has 2 heterocycles. The molecule has 0 unspecified atom stereocenters. The minimum Gasteiger partial charge on any atom is -0.466 e. The Bertz CT molecular complexity index is 741. The second-order valence-electron chi connectivity index (χ2n) is 5.81. The van der Waals surface area contributed by atoms with Gasteiger partial charge in [0, 0.05) is 25.2 Å². The molecule has 1 saturated heterocycles. The van der Waals surface area contributed by atoms with Crippen molar-refractivity contribution in [3.63, 3.8) is 0 Å². The van der Waals surface area contributed by atoms with E-state index in [0.29, 0.717) is 30.6 Å². The van der Waals surface area contributed by atoms with Crippen LogP contribution in [0.1, 0.15) is 19.8 Å². The summed E-state index contributed by atoms with van der Waals surface area (Å²) >= 11 is 0. The van der Waals surface area contributed by atoms with Crippen LogP contribution in [0.2, 0.25) is 0 Å². The summed E-state index contributed by atoms with van der Waals surface area (Å²) in [4.78, 5) is 22.3. The fraction of sp³-hybridized carbons (Fsp3) is 0.389. The third kappa shape index (κ3) is 4.43. The van der Waals surface area contributed by atoms with E-state index in [4.69, 9.17) is 9.47 Å². The SMILES string of the molecule is CCOC(=O)[C@H]1CCCN(c2cc(Oc3cccc(F)c3)ncn2)C1. The normalized spacial score (nSPS) is 17.2. The predicted molar refractivity (Wildman–Crippen MR) is 90.1 cm³/mol. The quantitative estimate of drug-likeness (QED) is 0.776. The van der Waals surface area contributed by atoms with Gasteiger partial charge in [-0.05, 0) is 31.9 Å². The Labute approximate surface area is 145 Å². The molecule has 1 aromatic carbocycles. The van der Waals surface area contributed by atoms with Crippen LogP contribution in [0, 0.1) is 11.7 Å². The molecule has 25 heavy (non-hydrogen) atoms. The van der Waals surface area contributed by atoms with E-state index in [1.165, 1.54) is 18.5 Å². The fourth-order valence-corrected chi connectivity index (χ4v) is 2.85. The van der Waals surface area contributed by atoms with E-state index in [0.717, 1.165) is 19.4 Å². The first-order chi connectivity index (χ1) is 12.2. The average molecular weight is 345 g/mol. The molecule has 0 spiro atoms. The van der Waals surface area contributed by atoms with Gasteiger partial charge in [-0.15, -0.1) is 0 Å². The van der Waals surface area contributed by atoms with E-state index in [-0.39, 0.29) is 17.7 Å². The number of ether oxygens (including phenoxy) is 2. The van der Waals surface area contributed by atoms with Gasteiger partial charge < -0.3 is 14.4 Å². The van der Waals surface area contributed by atoms with Crippen molar-refractivity contribution in [1.29, 1.82) is 0 Å². The third-order valence-corrected chi connectivity index (χ3v) is 4.01. The molecule has 0 aliphatic carbocycles. The van der Waals surface area contributed by atoms with Gasteiger partial charge in [0.2, 0.25) is 5.88 Å². The van der Waals surface area contributed by atoms with Gasteiger partial charge in [0.1, 0.15) is 23.7 Å². The number of aromatic nitrogens is 2. The van der Waals surface area contributed by atoms with Crippen molar-refractivity contribution >= 4 is 11.8 Å². The average Bonchev–Trinajstić information content (AvgIpc) is 2.62. The van der Waals surface area contributed by atoms with Crippen molar-refractivity contribution in [2.24, 2.45) is 5.92 Å². The van der Waals surface area contributed by atoms with Crippen LogP contribution < -0.4 is 9.64 Å². The van der Waals surface area contributed by atoms with Crippen LogP contribution in [0.25, 0.3) is 0 Å². The Hall–Kier alpha value is -2.70. The number of hydrogen-bond donors (Lipinski definition) is 0. The van der Waals surface area contributed by atoms with E-state index in [1.807, 2.05) is 4.90 Å². The molecule has 6 nitrogen and oxygen atoms in total. The molecule has 0 bridgehead atoms. The minimum atomic E-state index is -0.375. The van der Waals surface area contributed by atoms with Crippen LogP contribution in [-0.2, 0) is 9.53 Å². The lowest BCUT2D eigenvalue weighted by molar-refractivity contribution is -0.148. The largest absolute Gasteiger partial charge is 0.466 e. The van der Waals surface area contributed by atoms with Crippen LogP contribution in [0.4, 0.5) is 10.2 Å². The van der Waals surface area contributed by atoms with E-state index < -0.39 is 0 Å².